The zero-order valence-corrected chi connectivity index (χ0v) is 14.8. The van der Waals surface area contributed by atoms with Crippen LogP contribution in [0.15, 0.2) is 46.2 Å². The highest BCUT2D eigenvalue weighted by Gasteiger charge is 2.16. The predicted molar refractivity (Wildman–Crippen MR) is 98.0 cm³/mol. The maximum absolute atomic E-state index is 12.5. The summed E-state index contributed by atoms with van der Waals surface area (Å²) in [4.78, 5) is 41.1. The van der Waals surface area contributed by atoms with Gasteiger partial charge in [-0.15, -0.1) is 0 Å². The fourth-order valence-corrected chi connectivity index (χ4v) is 2.90. The molecule has 2 aromatic heterocycles. The summed E-state index contributed by atoms with van der Waals surface area (Å²) in [7, 11) is 3.21. The van der Waals surface area contributed by atoms with Crippen LogP contribution in [0.4, 0.5) is 0 Å². The lowest BCUT2D eigenvalue weighted by atomic mass is 10.1. The van der Waals surface area contributed by atoms with Crippen LogP contribution in [0.1, 0.15) is 12.0 Å². The van der Waals surface area contributed by atoms with Crippen LogP contribution in [-0.4, -0.2) is 31.1 Å². The van der Waals surface area contributed by atoms with Crippen molar-refractivity contribution < 1.29 is 4.79 Å². The number of nitrogens with zero attached hydrogens (tertiary/aromatic N) is 4. The second kappa shape index (κ2) is 7.38. The van der Waals surface area contributed by atoms with Gasteiger partial charge in [-0.05, 0) is 18.4 Å². The molecule has 136 valence electrons. The van der Waals surface area contributed by atoms with E-state index < -0.39 is 11.2 Å². The maximum atomic E-state index is 12.5. The first kappa shape index (κ1) is 17.7. The highest BCUT2D eigenvalue weighted by atomic mass is 16.2. The van der Waals surface area contributed by atoms with E-state index in [1.54, 1.807) is 11.6 Å². The van der Waals surface area contributed by atoms with Crippen LogP contribution in [0.25, 0.3) is 11.2 Å². The Balaban J connectivity index is 1.67. The van der Waals surface area contributed by atoms with Crippen molar-refractivity contribution in [1.29, 1.82) is 0 Å². The van der Waals surface area contributed by atoms with Gasteiger partial charge in [-0.3, -0.25) is 14.2 Å². The van der Waals surface area contributed by atoms with E-state index in [2.05, 4.69) is 10.3 Å². The molecule has 8 nitrogen and oxygen atoms in total. The minimum atomic E-state index is -0.555. The Morgan fingerprint density at radius 3 is 2.62 bits per heavy atom. The molecule has 1 amide bonds. The number of hydrogen-bond donors (Lipinski definition) is 1. The molecule has 0 aliphatic heterocycles. The van der Waals surface area contributed by atoms with Crippen molar-refractivity contribution in [2.24, 2.45) is 14.1 Å². The van der Waals surface area contributed by atoms with Gasteiger partial charge in [0.05, 0.1) is 6.33 Å². The number of nitrogens with one attached hydrogen (secondary N) is 1. The molecule has 8 heteroatoms. The molecule has 0 atom stereocenters. The molecule has 0 fully saturated rings. The van der Waals surface area contributed by atoms with Crippen molar-refractivity contribution >= 4 is 17.1 Å². The van der Waals surface area contributed by atoms with Crippen molar-refractivity contribution in [3.05, 3.63) is 63.1 Å². The molecule has 0 saturated carbocycles. The molecule has 1 aromatic carbocycles. The van der Waals surface area contributed by atoms with E-state index in [-0.39, 0.29) is 12.5 Å². The van der Waals surface area contributed by atoms with Crippen LogP contribution in [0.3, 0.4) is 0 Å². The number of fused-ring (bicyclic) bond motifs is 1. The number of imidazole rings is 1. The third-order valence-electron chi connectivity index (χ3n) is 4.31. The molecule has 0 aliphatic rings. The third kappa shape index (κ3) is 3.44. The summed E-state index contributed by atoms with van der Waals surface area (Å²) in [6.45, 7) is 0.175. The largest absolute Gasteiger partial charge is 0.355 e. The zero-order valence-electron chi connectivity index (χ0n) is 14.8. The first-order valence-corrected chi connectivity index (χ1v) is 8.40. The molecule has 0 bridgehead atoms. The highest BCUT2D eigenvalue weighted by Crippen LogP contribution is 2.03. The average Bonchev–Trinajstić information content (AvgIpc) is 3.03. The minimum absolute atomic E-state index is 0.295. The Bertz CT molecular complexity index is 1050. The summed E-state index contributed by atoms with van der Waals surface area (Å²) < 4.78 is 3.77. The third-order valence-corrected chi connectivity index (χ3v) is 4.31. The summed E-state index contributed by atoms with van der Waals surface area (Å²) in [6, 6.07) is 9.99. The molecule has 2 heterocycles. The molecule has 0 radical (unpaired) electrons. The molecule has 0 unspecified atom stereocenters. The van der Waals surface area contributed by atoms with Crippen LogP contribution in [-0.2, 0) is 31.9 Å². The van der Waals surface area contributed by atoms with Gasteiger partial charge in [0.1, 0.15) is 6.54 Å². The van der Waals surface area contributed by atoms with E-state index >= 15 is 0 Å². The number of aromatic nitrogens is 4. The summed E-state index contributed by atoms with van der Waals surface area (Å²) in [6.07, 6.45) is 3.10. The second-order valence-corrected chi connectivity index (χ2v) is 6.20. The number of hydrogen-bond acceptors (Lipinski definition) is 4. The number of carbonyl (C=O) groups is 1. The highest BCUT2D eigenvalue weighted by molar-refractivity contribution is 5.76. The molecule has 0 aliphatic carbocycles. The second-order valence-electron chi connectivity index (χ2n) is 6.20. The maximum Gasteiger partial charge on any atom is 0.332 e. The molecular weight excluding hydrogens is 334 g/mol. The summed E-state index contributed by atoms with van der Waals surface area (Å²) >= 11 is 0. The Hall–Kier alpha value is -3.16. The zero-order chi connectivity index (χ0) is 18.7. The predicted octanol–water partition coefficient (Wildman–Crippen LogP) is 0.183. The lowest BCUT2D eigenvalue weighted by Crippen LogP contribution is -2.43. The van der Waals surface area contributed by atoms with Crippen molar-refractivity contribution in [3.63, 3.8) is 0 Å². The van der Waals surface area contributed by atoms with Gasteiger partial charge in [0.15, 0.2) is 11.2 Å². The van der Waals surface area contributed by atoms with E-state index in [0.29, 0.717) is 17.7 Å². The summed E-state index contributed by atoms with van der Waals surface area (Å²) in [5.41, 5.74) is 0.739. The molecule has 3 aromatic rings. The Kier molecular flexibility index (Phi) is 5.01. The van der Waals surface area contributed by atoms with Crippen molar-refractivity contribution in [2.75, 3.05) is 6.54 Å². The lowest BCUT2D eigenvalue weighted by Gasteiger charge is -2.09. The number of amides is 1. The summed E-state index contributed by atoms with van der Waals surface area (Å²) in [5.74, 6) is -0.362. The Morgan fingerprint density at radius 1 is 1.15 bits per heavy atom. The van der Waals surface area contributed by atoms with Crippen LogP contribution in [0, 0.1) is 0 Å². The van der Waals surface area contributed by atoms with Crippen LogP contribution >= 0.6 is 0 Å². The van der Waals surface area contributed by atoms with Crippen LogP contribution in [0.2, 0.25) is 0 Å². The summed E-state index contributed by atoms with van der Waals surface area (Å²) in [5, 5.41) is 2.76. The lowest BCUT2D eigenvalue weighted by molar-refractivity contribution is -0.121. The minimum Gasteiger partial charge on any atom is -0.355 e. The number of carbonyl (C=O) groups excluding carboxylic acids is 1. The van der Waals surface area contributed by atoms with E-state index in [9.17, 15) is 14.4 Å². The molecule has 0 saturated heterocycles. The Morgan fingerprint density at radius 2 is 1.88 bits per heavy atom. The number of aryl methyl sites for hydroxylation is 3. The van der Waals surface area contributed by atoms with E-state index in [4.69, 9.17) is 0 Å². The van der Waals surface area contributed by atoms with Gasteiger partial charge in [-0.25, -0.2) is 14.3 Å². The quantitative estimate of drug-likeness (QED) is 0.639. The molecule has 0 spiro atoms. The number of benzene rings is 1. The van der Waals surface area contributed by atoms with E-state index in [0.717, 1.165) is 17.4 Å². The van der Waals surface area contributed by atoms with Crippen LogP contribution < -0.4 is 16.6 Å². The van der Waals surface area contributed by atoms with Gasteiger partial charge in [0.2, 0.25) is 5.91 Å². The SMILES string of the molecule is Cn1cnc2c1c(=O)n(CC(=O)NCCCc1ccccc1)c(=O)n2C. The average molecular weight is 355 g/mol. The Labute approximate surface area is 149 Å². The van der Waals surface area contributed by atoms with Gasteiger partial charge >= 0.3 is 5.69 Å². The van der Waals surface area contributed by atoms with E-state index in [1.807, 2.05) is 30.3 Å². The smallest absolute Gasteiger partial charge is 0.332 e. The topological polar surface area (TPSA) is 90.9 Å². The fraction of sp³-hybridized carbons (Fsp3) is 0.333. The van der Waals surface area contributed by atoms with Crippen molar-refractivity contribution in [1.82, 2.24) is 24.0 Å². The van der Waals surface area contributed by atoms with E-state index in [1.165, 1.54) is 23.5 Å². The molecule has 3 rings (SSSR count). The number of rotatable bonds is 6. The van der Waals surface area contributed by atoms with Crippen molar-refractivity contribution in [2.45, 2.75) is 19.4 Å². The van der Waals surface area contributed by atoms with Gasteiger partial charge in [0.25, 0.3) is 5.56 Å². The van der Waals surface area contributed by atoms with Gasteiger partial charge < -0.3 is 9.88 Å². The standard InChI is InChI=1S/C18H21N5O3/c1-21-12-20-16-15(21)17(25)23(18(26)22(16)2)11-14(24)19-10-6-9-13-7-4-3-5-8-13/h3-5,7-8,12H,6,9-11H2,1-2H3,(H,19,24). The first-order valence-electron chi connectivity index (χ1n) is 8.40. The van der Waals surface area contributed by atoms with Gasteiger partial charge in [0, 0.05) is 20.6 Å². The fourth-order valence-electron chi connectivity index (χ4n) is 2.90. The van der Waals surface area contributed by atoms with Gasteiger partial charge in [-0.2, -0.15) is 0 Å². The molecular formula is C18H21N5O3. The normalized spacial score (nSPS) is 11.0. The molecule has 26 heavy (non-hydrogen) atoms. The van der Waals surface area contributed by atoms with Crippen molar-refractivity contribution in [3.8, 4) is 0 Å². The van der Waals surface area contributed by atoms with Crippen LogP contribution in [0.5, 0.6) is 0 Å². The molecule has 1 N–H and O–H groups in total. The monoisotopic (exact) mass is 355 g/mol. The van der Waals surface area contributed by atoms with Gasteiger partial charge in [-0.1, -0.05) is 30.3 Å². The first-order chi connectivity index (χ1) is 12.5.